The van der Waals surface area contributed by atoms with E-state index in [4.69, 9.17) is 0 Å². The molecule has 0 radical (unpaired) electrons. The molecule has 0 saturated carbocycles. The molecular weight excluding hydrogens is 254 g/mol. The second kappa shape index (κ2) is 7.28. The van der Waals surface area contributed by atoms with Crippen LogP contribution in [0, 0.1) is 0 Å². The summed E-state index contributed by atoms with van der Waals surface area (Å²) >= 11 is 0. The number of hydrogen-bond donors (Lipinski definition) is 2. The molecular formula is C14H19N5O. The van der Waals surface area contributed by atoms with Crippen molar-refractivity contribution in [3.05, 3.63) is 36.8 Å². The predicted octanol–water partition coefficient (Wildman–Crippen LogP) is 1.65. The number of imidazole rings is 1. The van der Waals surface area contributed by atoms with Gasteiger partial charge in [-0.3, -0.25) is 4.98 Å². The maximum absolute atomic E-state index is 11.4. The molecule has 0 aliphatic carbocycles. The molecule has 6 nitrogen and oxygen atoms in total. The lowest BCUT2D eigenvalue weighted by Gasteiger charge is -2.09. The Morgan fingerprint density at radius 2 is 2.05 bits per heavy atom. The maximum Gasteiger partial charge on any atom is 0.314 e. The molecule has 0 aliphatic heterocycles. The van der Waals surface area contributed by atoms with Gasteiger partial charge in [-0.25, -0.2) is 9.78 Å². The summed E-state index contributed by atoms with van der Waals surface area (Å²) in [4.78, 5) is 20.0. The normalized spacial score (nSPS) is 10.2. The summed E-state index contributed by atoms with van der Waals surface area (Å²) in [5, 5.41) is 5.59. The summed E-state index contributed by atoms with van der Waals surface area (Å²) in [7, 11) is 0. The largest absolute Gasteiger partial charge is 0.338 e. The predicted molar refractivity (Wildman–Crippen MR) is 77.2 cm³/mol. The third-order valence-electron chi connectivity index (χ3n) is 2.78. The van der Waals surface area contributed by atoms with Gasteiger partial charge in [-0.15, -0.1) is 0 Å². The number of pyridine rings is 1. The van der Waals surface area contributed by atoms with Crippen molar-refractivity contribution in [2.75, 3.05) is 13.1 Å². The van der Waals surface area contributed by atoms with E-state index in [0.29, 0.717) is 19.6 Å². The number of carbonyl (C=O) groups is 1. The van der Waals surface area contributed by atoms with Gasteiger partial charge in [-0.2, -0.15) is 0 Å². The van der Waals surface area contributed by atoms with Crippen LogP contribution in [0.2, 0.25) is 0 Å². The number of amides is 2. The first-order chi connectivity index (χ1) is 9.81. The lowest BCUT2D eigenvalue weighted by molar-refractivity contribution is 0.240. The van der Waals surface area contributed by atoms with E-state index < -0.39 is 0 Å². The summed E-state index contributed by atoms with van der Waals surface area (Å²) in [6.07, 6.45) is 6.29. The van der Waals surface area contributed by atoms with Gasteiger partial charge in [0.25, 0.3) is 0 Å². The minimum absolute atomic E-state index is 0.133. The molecule has 0 atom stereocenters. The molecule has 2 amide bonds. The first-order valence-electron chi connectivity index (χ1n) is 6.75. The molecule has 0 bridgehead atoms. The van der Waals surface area contributed by atoms with Gasteiger partial charge < -0.3 is 15.2 Å². The Kier molecular flexibility index (Phi) is 5.11. The van der Waals surface area contributed by atoms with Crippen molar-refractivity contribution in [1.82, 2.24) is 25.2 Å². The van der Waals surface area contributed by atoms with Crippen molar-refractivity contribution in [3.8, 4) is 11.5 Å². The van der Waals surface area contributed by atoms with Gasteiger partial charge in [0.05, 0.1) is 0 Å². The number of rotatable bonds is 6. The number of hydrogen-bond acceptors (Lipinski definition) is 3. The smallest absolute Gasteiger partial charge is 0.314 e. The molecule has 0 unspecified atom stereocenters. The van der Waals surface area contributed by atoms with Gasteiger partial charge in [-0.1, -0.05) is 13.0 Å². The molecule has 2 heterocycles. The minimum atomic E-state index is -0.133. The van der Waals surface area contributed by atoms with Crippen LogP contribution in [0.25, 0.3) is 11.5 Å². The third kappa shape index (κ3) is 3.81. The van der Waals surface area contributed by atoms with Crippen LogP contribution in [-0.2, 0) is 6.54 Å². The van der Waals surface area contributed by atoms with Crippen LogP contribution >= 0.6 is 0 Å². The SMILES string of the molecule is CCCNC(=O)NCCn1ccnc1-c1ccccn1. The Morgan fingerprint density at radius 3 is 2.80 bits per heavy atom. The van der Waals surface area contributed by atoms with Gasteiger partial charge in [0.1, 0.15) is 5.69 Å². The van der Waals surface area contributed by atoms with Crippen molar-refractivity contribution >= 4 is 6.03 Å². The van der Waals surface area contributed by atoms with Crippen molar-refractivity contribution in [3.63, 3.8) is 0 Å². The van der Waals surface area contributed by atoms with Gasteiger partial charge in [0, 0.05) is 38.2 Å². The number of aromatic nitrogens is 3. The zero-order valence-electron chi connectivity index (χ0n) is 11.5. The van der Waals surface area contributed by atoms with Gasteiger partial charge in [0.15, 0.2) is 5.82 Å². The zero-order valence-corrected chi connectivity index (χ0v) is 11.5. The minimum Gasteiger partial charge on any atom is -0.338 e. The molecule has 20 heavy (non-hydrogen) atoms. The highest BCUT2D eigenvalue weighted by molar-refractivity contribution is 5.73. The second-order valence-electron chi connectivity index (χ2n) is 4.34. The molecule has 0 aromatic carbocycles. The summed E-state index contributed by atoms with van der Waals surface area (Å²) in [6, 6.07) is 5.58. The first kappa shape index (κ1) is 14.0. The van der Waals surface area contributed by atoms with Crippen LogP contribution in [0.3, 0.4) is 0 Å². The number of nitrogens with zero attached hydrogens (tertiary/aromatic N) is 3. The van der Waals surface area contributed by atoms with Gasteiger partial charge >= 0.3 is 6.03 Å². The summed E-state index contributed by atoms with van der Waals surface area (Å²) in [5.74, 6) is 0.807. The average molecular weight is 273 g/mol. The standard InChI is InChI=1S/C14H19N5O/c1-2-6-17-14(20)18-9-11-19-10-8-16-13(19)12-5-3-4-7-15-12/h3-5,7-8,10H,2,6,9,11H2,1H3,(H2,17,18,20). The molecule has 0 saturated heterocycles. The van der Waals surface area contributed by atoms with Crippen LogP contribution in [0.1, 0.15) is 13.3 Å². The zero-order chi connectivity index (χ0) is 14.2. The third-order valence-corrected chi connectivity index (χ3v) is 2.78. The molecule has 2 rings (SSSR count). The van der Waals surface area contributed by atoms with E-state index in [1.807, 2.05) is 35.9 Å². The van der Waals surface area contributed by atoms with Crippen molar-refractivity contribution in [1.29, 1.82) is 0 Å². The fourth-order valence-electron chi connectivity index (χ4n) is 1.81. The summed E-state index contributed by atoms with van der Waals surface area (Å²) < 4.78 is 1.97. The Labute approximate surface area is 118 Å². The number of urea groups is 1. The number of carbonyl (C=O) groups excluding carboxylic acids is 1. The van der Waals surface area contributed by atoms with Crippen LogP contribution < -0.4 is 10.6 Å². The van der Waals surface area contributed by atoms with E-state index in [2.05, 4.69) is 20.6 Å². The maximum atomic E-state index is 11.4. The average Bonchev–Trinajstić information content (AvgIpc) is 2.94. The molecule has 2 N–H and O–H groups in total. The molecule has 0 aliphatic rings. The first-order valence-corrected chi connectivity index (χ1v) is 6.75. The lowest BCUT2D eigenvalue weighted by atomic mass is 10.3. The van der Waals surface area contributed by atoms with E-state index >= 15 is 0 Å². The number of nitrogens with one attached hydrogen (secondary N) is 2. The monoisotopic (exact) mass is 273 g/mol. The molecule has 2 aromatic heterocycles. The quantitative estimate of drug-likeness (QED) is 0.840. The highest BCUT2D eigenvalue weighted by atomic mass is 16.2. The highest BCUT2D eigenvalue weighted by Crippen LogP contribution is 2.13. The Morgan fingerprint density at radius 1 is 1.20 bits per heavy atom. The lowest BCUT2D eigenvalue weighted by Crippen LogP contribution is -2.37. The van der Waals surface area contributed by atoms with E-state index in [-0.39, 0.29) is 6.03 Å². The van der Waals surface area contributed by atoms with Gasteiger partial charge in [0.2, 0.25) is 0 Å². The van der Waals surface area contributed by atoms with Crippen LogP contribution in [0.15, 0.2) is 36.8 Å². The van der Waals surface area contributed by atoms with E-state index in [1.165, 1.54) is 0 Å². The van der Waals surface area contributed by atoms with E-state index in [0.717, 1.165) is 17.9 Å². The van der Waals surface area contributed by atoms with Gasteiger partial charge in [-0.05, 0) is 18.6 Å². The molecule has 6 heteroatoms. The van der Waals surface area contributed by atoms with Crippen LogP contribution in [0.4, 0.5) is 4.79 Å². The summed E-state index contributed by atoms with van der Waals surface area (Å²) in [6.45, 7) is 3.91. The van der Waals surface area contributed by atoms with Crippen molar-refractivity contribution < 1.29 is 4.79 Å². The molecule has 0 spiro atoms. The molecule has 0 fully saturated rings. The van der Waals surface area contributed by atoms with E-state index in [1.54, 1.807) is 12.4 Å². The van der Waals surface area contributed by atoms with Crippen molar-refractivity contribution in [2.45, 2.75) is 19.9 Å². The van der Waals surface area contributed by atoms with Crippen LogP contribution in [-0.4, -0.2) is 33.7 Å². The Hall–Kier alpha value is -2.37. The topological polar surface area (TPSA) is 71.8 Å². The van der Waals surface area contributed by atoms with Crippen LogP contribution in [0.5, 0.6) is 0 Å². The van der Waals surface area contributed by atoms with Crippen molar-refractivity contribution in [2.24, 2.45) is 0 Å². The van der Waals surface area contributed by atoms with E-state index in [9.17, 15) is 4.79 Å². The molecule has 2 aromatic rings. The Balaban J connectivity index is 1.89. The fourth-order valence-corrected chi connectivity index (χ4v) is 1.81. The fraction of sp³-hybridized carbons (Fsp3) is 0.357. The molecule has 106 valence electrons. The second-order valence-corrected chi connectivity index (χ2v) is 4.34. The Bertz CT molecular complexity index is 538. The highest BCUT2D eigenvalue weighted by Gasteiger charge is 2.06. The summed E-state index contributed by atoms with van der Waals surface area (Å²) in [5.41, 5.74) is 0.827.